The summed E-state index contributed by atoms with van der Waals surface area (Å²) in [4.78, 5) is 13.6. The van der Waals surface area contributed by atoms with E-state index in [-0.39, 0.29) is 5.91 Å². The number of methoxy groups -OCH3 is 1. The average Bonchev–Trinajstić information content (AvgIpc) is 2.76. The molecule has 144 valence electrons. The van der Waals surface area contributed by atoms with Gasteiger partial charge in [0.1, 0.15) is 6.61 Å². The zero-order valence-electron chi connectivity index (χ0n) is 15.8. The molecule has 28 heavy (non-hydrogen) atoms. The monoisotopic (exact) mass is 393 g/mol. The summed E-state index contributed by atoms with van der Waals surface area (Å²) in [5.74, 6) is 2.07. The maximum Gasteiger partial charge on any atom is 0.252 e. The van der Waals surface area contributed by atoms with E-state index in [0.717, 1.165) is 10.6 Å². The minimum absolute atomic E-state index is 0.0974. The maximum absolute atomic E-state index is 12.6. The first-order valence-corrected chi connectivity index (χ1v) is 10.1. The number of ether oxygens (including phenoxy) is 2. The fourth-order valence-corrected chi connectivity index (χ4v) is 3.68. The Hall–Kier alpha value is -2.92. The second-order valence-electron chi connectivity index (χ2n) is 6.03. The summed E-state index contributed by atoms with van der Waals surface area (Å²) in [6.07, 6.45) is 0. The van der Waals surface area contributed by atoms with Crippen molar-refractivity contribution in [3.63, 3.8) is 0 Å². The summed E-state index contributed by atoms with van der Waals surface area (Å²) in [6.45, 7) is 0.778. The lowest BCUT2D eigenvalue weighted by Crippen LogP contribution is -2.28. The number of benzene rings is 3. The molecule has 0 aliphatic carbocycles. The van der Waals surface area contributed by atoms with Gasteiger partial charge in [0.15, 0.2) is 11.5 Å². The summed E-state index contributed by atoms with van der Waals surface area (Å²) in [5.41, 5.74) is 1.91. The maximum atomic E-state index is 12.6. The number of para-hydroxylation sites is 2. The molecule has 0 bridgehead atoms. The molecule has 0 aliphatic heterocycles. The molecule has 0 heterocycles. The number of hydrogen-bond acceptors (Lipinski definition) is 4. The van der Waals surface area contributed by atoms with Gasteiger partial charge in [-0.2, -0.15) is 0 Å². The molecule has 0 atom stereocenters. The number of hydrogen-bond donors (Lipinski definition) is 1. The van der Waals surface area contributed by atoms with Crippen LogP contribution in [0.1, 0.15) is 15.9 Å². The number of amides is 1. The minimum Gasteiger partial charge on any atom is -0.493 e. The first-order valence-electron chi connectivity index (χ1n) is 9.07. The zero-order valence-corrected chi connectivity index (χ0v) is 16.6. The Bertz CT molecular complexity index is 899. The first kappa shape index (κ1) is 19.8. The summed E-state index contributed by atoms with van der Waals surface area (Å²) in [7, 11) is 1.61. The van der Waals surface area contributed by atoms with E-state index in [2.05, 4.69) is 17.4 Å². The Morgan fingerprint density at radius 1 is 0.893 bits per heavy atom. The van der Waals surface area contributed by atoms with E-state index < -0.39 is 0 Å². The topological polar surface area (TPSA) is 47.6 Å². The molecule has 0 aliphatic rings. The fourth-order valence-electron chi connectivity index (χ4n) is 2.67. The molecule has 3 rings (SSSR count). The number of carbonyl (C=O) groups is 1. The lowest BCUT2D eigenvalue weighted by Gasteiger charge is -2.12. The van der Waals surface area contributed by atoms with Crippen LogP contribution in [0.4, 0.5) is 0 Å². The van der Waals surface area contributed by atoms with Crippen LogP contribution < -0.4 is 14.8 Å². The van der Waals surface area contributed by atoms with Gasteiger partial charge in [-0.05, 0) is 29.8 Å². The molecule has 0 aromatic heterocycles. The molecular weight excluding hydrogens is 370 g/mol. The lowest BCUT2D eigenvalue weighted by molar-refractivity contribution is 0.0944. The van der Waals surface area contributed by atoms with Crippen molar-refractivity contribution < 1.29 is 14.3 Å². The van der Waals surface area contributed by atoms with Crippen LogP contribution in [0.15, 0.2) is 83.8 Å². The highest BCUT2D eigenvalue weighted by Crippen LogP contribution is 2.27. The molecule has 0 fully saturated rings. The van der Waals surface area contributed by atoms with Gasteiger partial charge >= 0.3 is 0 Å². The van der Waals surface area contributed by atoms with Crippen molar-refractivity contribution in [3.8, 4) is 11.5 Å². The Morgan fingerprint density at radius 2 is 1.57 bits per heavy atom. The van der Waals surface area contributed by atoms with Gasteiger partial charge in [-0.3, -0.25) is 4.79 Å². The van der Waals surface area contributed by atoms with Crippen LogP contribution in [-0.4, -0.2) is 26.2 Å². The van der Waals surface area contributed by atoms with Gasteiger partial charge in [-0.1, -0.05) is 54.6 Å². The Kier molecular flexibility index (Phi) is 7.38. The summed E-state index contributed by atoms with van der Waals surface area (Å²) in [6, 6.07) is 25.3. The predicted molar refractivity (Wildman–Crippen MR) is 113 cm³/mol. The highest BCUT2D eigenvalue weighted by atomic mass is 32.2. The van der Waals surface area contributed by atoms with E-state index in [4.69, 9.17) is 9.47 Å². The largest absolute Gasteiger partial charge is 0.493 e. The van der Waals surface area contributed by atoms with Crippen LogP contribution in [0.25, 0.3) is 0 Å². The molecule has 0 radical (unpaired) electrons. The van der Waals surface area contributed by atoms with Crippen LogP contribution in [0, 0.1) is 0 Å². The minimum atomic E-state index is -0.0974. The van der Waals surface area contributed by atoms with E-state index in [1.54, 1.807) is 18.9 Å². The van der Waals surface area contributed by atoms with Gasteiger partial charge in [-0.25, -0.2) is 0 Å². The van der Waals surface area contributed by atoms with Gasteiger partial charge < -0.3 is 14.8 Å². The highest BCUT2D eigenvalue weighted by Gasteiger charge is 2.11. The van der Waals surface area contributed by atoms with Crippen LogP contribution in [0.3, 0.4) is 0 Å². The van der Waals surface area contributed by atoms with E-state index in [0.29, 0.717) is 30.2 Å². The summed E-state index contributed by atoms with van der Waals surface area (Å²) >= 11 is 1.66. The molecule has 0 spiro atoms. The Morgan fingerprint density at radius 3 is 2.36 bits per heavy atom. The smallest absolute Gasteiger partial charge is 0.252 e. The quantitative estimate of drug-likeness (QED) is 0.419. The van der Waals surface area contributed by atoms with Gasteiger partial charge in [0.2, 0.25) is 0 Å². The van der Waals surface area contributed by atoms with Crippen molar-refractivity contribution in [1.82, 2.24) is 5.32 Å². The Balaban J connectivity index is 1.53. The summed E-state index contributed by atoms with van der Waals surface area (Å²) in [5, 5.41) is 2.93. The molecule has 4 nitrogen and oxygen atoms in total. The van der Waals surface area contributed by atoms with Crippen LogP contribution in [0.5, 0.6) is 11.5 Å². The Labute approximate surface area is 169 Å². The molecule has 5 heteroatoms. The summed E-state index contributed by atoms with van der Waals surface area (Å²) < 4.78 is 11.0. The molecule has 0 saturated carbocycles. The third-order valence-corrected chi connectivity index (χ3v) is 5.23. The van der Waals surface area contributed by atoms with Crippen LogP contribution in [0.2, 0.25) is 0 Å². The molecule has 1 amide bonds. The predicted octanol–water partition coefficient (Wildman–Crippen LogP) is 4.80. The fraction of sp³-hybridized carbons (Fsp3) is 0.174. The van der Waals surface area contributed by atoms with Gasteiger partial charge in [0.25, 0.3) is 5.91 Å². The molecule has 3 aromatic rings. The van der Waals surface area contributed by atoms with Gasteiger partial charge in [0, 0.05) is 10.6 Å². The number of carbonyl (C=O) groups excluding carboxylic acids is 1. The zero-order chi connectivity index (χ0) is 19.6. The first-order chi connectivity index (χ1) is 13.8. The molecule has 0 saturated heterocycles. The van der Waals surface area contributed by atoms with Crippen molar-refractivity contribution in [2.75, 3.05) is 20.3 Å². The number of thioether (sulfide) groups is 1. The van der Waals surface area contributed by atoms with Crippen molar-refractivity contribution in [2.24, 2.45) is 0 Å². The molecule has 3 aromatic carbocycles. The van der Waals surface area contributed by atoms with Gasteiger partial charge in [0.05, 0.1) is 19.2 Å². The van der Waals surface area contributed by atoms with Crippen molar-refractivity contribution in [3.05, 3.63) is 90.0 Å². The second kappa shape index (κ2) is 10.4. The van der Waals surface area contributed by atoms with E-state index in [1.165, 1.54) is 5.56 Å². The van der Waals surface area contributed by atoms with Crippen LogP contribution >= 0.6 is 11.8 Å². The van der Waals surface area contributed by atoms with Crippen molar-refractivity contribution in [1.29, 1.82) is 0 Å². The third kappa shape index (κ3) is 5.54. The SMILES string of the molecule is COc1ccccc1OCCNC(=O)c1ccccc1SCc1ccccc1. The molecule has 1 N–H and O–H groups in total. The normalized spacial score (nSPS) is 10.3. The highest BCUT2D eigenvalue weighted by molar-refractivity contribution is 7.98. The second-order valence-corrected chi connectivity index (χ2v) is 7.04. The molecular formula is C23H23NO3S. The number of nitrogens with one attached hydrogen (secondary N) is 1. The standard InChI is InChI=1S/C23H23NO3S/c1-26-20-12-6-7-13-21(20)27-16-15-24-23(25)19-11-5-8-14-22(19)28-17-18-9-3-2-4-10-18/h2-14H,15-17H2,1H3,(H,24,25). The van der Waals surface area contributed by atoms with E-state index in [9.17, 15) is 4.79 Å². The van der Waals surface area contributed by atoms with Crippen molar-refractivity contribution in [2.45, 2.75) is 10.6 Å². The van der Waals surface area contributed by atoms with E-state index >= 15 is 0 Å². The van der Waals surface area contributed by atoms with Crippen molar-refractivity contribution >= 4 is 17.7 Å². The lowest BCUT2D eigenvalue weighted by atomic mass is 10.2. The van der Waals surface area contributed by atoms with Crippen LogP contribution in [-0.2, 0) is 5.75 Å². The van der Waals surface area contributed by atoms with Gasteiger partial charge in [-0.15, -0.1) is 11.8 Å². The third-order valence-electron chi connectivity index (χ3n) is 4.08. The molecule has 0 unspecified atom stereocenters. The van der Waals surface area contributed by atoms with E-state index in [1.807, 2.05) is 66.7 Å². The average molecular weight is 394 g/mol. The number of rotatable bonds is 9.